The van der Waals surface area contributed by atoms with Crippen molar-refractivity contribution in [3.63, 3.8) is 0 Å². The molecular formula is C12H11F3N2OS. The van der Waals surface area contributed by atoms with E-state index in [1.807, 2.05) is 0 Å². The summed E-state index contributed by atoms with van der Waals surface area (Å²) in [5.41, 5.74) is 2.05. The van der Waals surface area contributed by atoms with Gasteiger partial charge in [-0.05, 0) is 13.1 Å². The molecule has 19 heavy (non-hydrogen) atoms. The monoisotopic (exact) mass is 288 g/mol. The molecule has 0 fully saturated rings. The van der Waals surface area contributed by atoms with Crippen LogP contribution < -0.4 is 10.1 Å². The van der Waals surface area contributed by atoms with E-state index in [4.69, 9.17) is 0 Å². The van der Waals surface area contributed by atoms with Gasteiger partial charge in [-0.15, -0.1) is 24.5 Å². The fourth-order valence-corrected chi connectivity index (χ4v) is 2.50. The van der Waals surface area contributed by atoms with Gasteiger partial charge in [0.15, 0.2) is 0 Å². The standard InChI is InChI=1S/C12H11F3N2OS/c1-16-11(10-6-17-7-19-10)8-4-2-3-5-9(8)18-12(13,14)15/h2-7,11,16H,1H3. The molecular weight excluding hydrogens is 277 g/mol. The summed E-state index contributed by atoms with van der Waals surface area (Å²) in [6.07, 6.45) is -3.09. The molecule has 0 radical (unpaired) electrons. The van der Waals surface area contributed by atoms with Crippen LogP contribution in [0.25, 0.3) is 0 Å². The molecule has 0 aliphatic carbocycles. The largest absolute Gasteiger partial charge is 0.573 e. The van der Waals surface area contributed by atoms with E-state index in [-0.39, 0.29) is 11.8 Å². The highest BCUT2D eigenvalue weighted by atomic mass is 32.1. The maximum absolute atomic E-state index is 12.4. The number of nitrogens with zero attached hydrogens (tertiary/aromatic N) is 1. The van der Waals surface area contributed by atoms with Gasteiger partial charge in [0.1, 0.15) is 5.75 Å². The van der Waals surface area contributed by atoms with E-state index in [1.165, 1.54) is 23.5 Å². The summed E-state index contributed by atoms with van der Waals surface area (Å²) < 4.78 is 41.2. The quantitative estimate of drug-likeness (QED) is 0.937. The second-order valence-corrected chi connectivity index (χ2v) is 4.63. The van der Waals surface area contributed by atoms with Crippen LogP contribution >= 0.6 is 11.3 Å². The van der Waals surface area contributed by atoms with E-state index >= 15 is 0 Å². The van der Waals surface area contributed by atoms with Gasteiger partial charge in [0, 0.05) is 16.6 Å². The van der Waals surface area contributed by atoms with Crippen molar-refractivity contribution in [3.05, 3.63) is 46.4 Å². The zero-order valence-corrected chi connectivity index (χ0v) is 10.8. The second-order valence-electron chi connectivity index (χ2n) is 3.71. The summed E-state index contributed by atoms with van der Waals surface area (Å²) in [5, 5.41) is 2.97. The molecule has 0 saturated carbocycles. The molecule has 2 rings (SSSR count). The van der Waals surface area contributed by atoms with Crippen LogP contribution in [0.15, 0.2) is 36.0 Å². The lowest BCUT2D eigenvalue weighted by Gasteiger charge is -2.19. The molecule has 0 aliphatic heterocycles. The zero-order chi connectivity index (χ0) is 13.9. The number of hydrogen-bond donors (Lipinski definition) is 1. The highest BCUT2D eigenvalue weighted by molar-refractivity contribution is 7.09. The molecule has 1 heterocycles. The molecule has 0 bridgehead atoms. The van der Waals surface area contributed by atoms with Gasteiger partial charge < -0.3 is 10.1 Å². The van der Waals surface area contributed by atoms with Crippen molar-refractivity contribution in [3.8, 4) is 5.75 Å². The van der Waals surface area contributed by atoms with Crippen molar-refractivity contribution in [1.82, 2.24) is 10.3 Å². The highest BCUT2D eigenvalue weighted by Crippen LogP contribution is 2.34. The number of alkyl halides is 3. The lowest BCUT2D eigenvalue weighted by Crippen LogP contribution is -2.22. The number of benzene rings is 1. The maximum Gasteiger partial charge on any atom is 0.573 e. The molecule has 1 unspecified atom stereocenters. The van der Waals surface area contributed by atoms with Gasteiger partial charge >= 0.3 is 6.36 Å². The van der Waals surface area contributed by atoms with Crippen molar-refractivity contribution >= 4 is 11.3 Å². The predicted molar refractivity (Wildman–Crippen MR) is 66.1 cm³/mol. The van der Waals surface area contributed by atoms with Gasteiger partial charge in [-0.3, -0.25) is 4.98 Å². The summed E-state index contributed by atoms with van der Waals surface area (Å²) in [6, 6.07) is 5.69. The minimum absolute atomic E-state index is 0.206. The number of rotatable bonds is 4. The van der Waals surface area contributed by atoms with Crippen molar-refractivity contribution < 1.29 is 17.9 Å². The Labute approximate surface area is 112 Å². The van der Waals surface area contributed by atoms with Crippen LogP contribution in [0.4, 0.5) is 13.2 Å². The van der Waals surface area contributed by atoms with E-state index in [9.17, 15) is 13.2 Å². The third-order valence-corrected chi connectivity index (χ3v) is 3.32. The summed E-state index contributed by atoms with van der Waals surface area (Å²) in [6.45, 7) is 0. The molecule has 0 aliphatic rings. The zero-order valence-electron chi connectivity index (χ0n) is 9.94. The second kappa shape index (κ2) is 5.58. The Kier molecular flexibility index (Phi) is 4.06. The lowest BCUT2D eigenvalue weighted by atomic mass is 10.0. The van der Waals surface area contributed by atoms with Crippen molar-refractivity contribution in [2.75, 3.05) is 7.05 Å². The number of halogens is 3. The Balaban J connectivity index is 2.38. The first-order valence-electron chi connectivity index (χ1n) is 5.41. The lowest BCUT2D eigenvalue weighted by molar-refractivity contribution is -0.275. The van der Waals surface area contributed by atoms with Gasteiger partial charge in [0.2, 0.25) is 0 Å². The number of hydrogen-bond acceptors (Lipinski definition) is 4. The molecule has 1 N–H and O–H groups in total. The molecule has 1 aromatic heterocycles. The molecule has 1 aromatic carbocycles. The van der Waals surface area contributed by atoms with Crippen LogP contribution in [0.1, 0.15) is 16.5 Å². The van der Waals surface area contributed by atoms with Crippen LogP contribution in [0, 0.1) is 0 Å². The third kappa shape index (κ3) is 3.45. The van der Waals surface area contributed by atoms with E-state index in [0.717, 1.165) is 4.88 Å². The van der Waals surface area contributed by atoms with Crippen LogP contribution in [0.3, 0.4) is 0 Å². The predicted octanol–water partition coefficient (Wildman–Crippen LogP) is 3.35. The number of nitrogens with one attached hydrogen (secondary N) is 1. The number of thiazole rings is 1. The smallest absolute Gasteiger partial charge is 0.405 e. The van der Waals surface area contributed by atoms with Crippen molar-refractivity contribution in [1.29, 1.82) is 0 Å². The first-order chi connectivity index (χ1) is 9.01. The summed E-state index contributed by atoms with van der Waals surface area (Å²) in [4.78, 5) is 4.76. The van der Waals surface area contributed by atoms with Crippen LogP contribution in [0.5, 0.6) is 5.75 Å². The van der Waals surface area contributed by atoms with E-state index in [0.29, 0.717) is 5.56 Å². The van der Waals surface area contributed by atoms with Gasteiger partial charge in [-0.2, -0.15) is 0 Å². The molecule has 102 valence electrons. The summed E-state index contributed by atoms with van der Waals surface area (Å²) in [5.74, 6) is -0.206. The molecule has 2 aromatic rings. The topological polar surface area (TPSA) is 34.2 Å². The fourth-order valence-electron chi connectivity index (χ4n) is 1.76. The minimum Gasteiger partial charge on any atom is -0.405 e. The first-order valence-corrected chi connectivity index (χ1v) is 6.29. The molecule has 0 saturated heterocycles. The molecule has 3 nitrogen and oxygen atoms in total. The Hall–Kier alpha value is -1.60. The van der Waals surface area contributed by atoms with Crippen LogP contribution in [0.2, 0.25) is 0 Å². The van der Waals surface area contributed by atoms with Gasteiger partial charge in [-0.25, -0.2) is 0 Å². The number of aromatic nitrogens is 1. The minimum atomic E-state index is -4.71. The average Bonchev–Trinajstić information content (AvgIpc) is 2.84. The normalized spacial score (nSPS) is 13.3. The van der Waals surface area contributed by atoms with Gasteiger partial charge in [0.25, 0.3) is 0 Å². The molecule has 1 atom stereocenters. The number of ether oxygens (including phenoxy) is 1. The van der Waals surface area contributed by atoms with Crippen LogP contribution in [-0.4, -0.2) is 18.4 Å². The van der Waals surface area contributed by atoms with Crippen LogP contribution in [-0.2, 0) is 0 Å². The van der Waals surface area contributed by atoms with Crippen molar-refractivity contribution in [2.24, 2.45) is 0 Å². The van der Waals surface area contributed by atoms with E-state index in [2.05, 4.69) is 15.0 Å². The molecule has 0 amide bonds. The van der Waals surface area contributed by atoms with Gasteiger partial charge in [-0.1, -0.05) is 18.2 Å². The Morgan fingerprint density at radius 2 is 2.05 bits per heavy atom. The van der Waals surface area contributed by atoms with Gasteiger partial charge in [0.05, 0.1) is 11.6 Å². The van der Waals surface area contributed by atoms with E-state index < -0.39 is 6.36 Å². The maximum atomic E-state index is 12.4. The Bertz CT molecular complexity index is 528. The Morgan fingerprint density at radius 1 is 1.32 bits per heavy atom. The molecule has 7 heteroatoms. The fraction of sp³-hybridized carbons (Fsp3) is 0.250. The first kappa shape index (κ1) is 13.8. The SMILES string of the molecule is CNC(c1cncs1)c1ccccc1OC(F)(F)F. The highest BCUT2D eigenvalue weighted by Gasteiger charge is 2.33. The number of para-hydroxylation sites is 1. The molecule has 0 spiro atoms. The Morgan fingerprint density at radius 3 is 2.63 bits per heavy atom. The third-order valence-electron chi connectivity index (χ3n) is 2.48. The summed E-state index contributed by atoms with van der Waals surface area (Å²) in [7, 11) is 1.68. The summed E-state index contributed by atoms with van der Waals surface area (Å²) >= 11 is 1.37. The van der Waals surface area contributed by atoms with E-state index in [1.54, 1.807) is 30.9 Å². The van der Waals surface area contributed by atoms with Crippen molar-refractivity contribution in [2.45, 2.75) is 12.4 Å². The average molecular weight is 288 g/mol.